The van der Waals surface area contributed by atoms with Crippen molar-refractivity contribution in [3.8, 4) is 5.88 Å². The van der Waals surface area contributed by atoms with E-state index >= 15 is 0 Å². The Morgan fingerprint density at radius 3 is 2.79 bits per heavy atom. The first-order chi connectivity index (χ1) is 9.20. The topological polar surface area (TPSA) is 59.0 Å². The minimum Gasteiger partial charge on any atom is -0.479 e. The normalized spacial score (nSPS) is 18.0. The molecule has 0 unspecified atom stereocenters. The van der Waals surface area contributed by atoms with E-state index in [1.165, 1.54) is 6.33 Å². The van der Waals surface area contributed by atoms with Gasteiger partial charge < -0.3 is 14.6 Å². The van der Waals surface area contributed by atoms with Gasteiger partial charge in [-0.25, -0.2) is 4.98 Å². The van der Waals surface area contributed by atoms with Gasteiger partial charge in [0, 0.05) is 6.04 Å². The zero-order valence-electron chi connectivity index (χ0n) is 11.1. The first-order valence-corrected chi connectivity index (χ1v) is 6.79. The molecule has 2 aromatic rings. The van der Waals surface area contributed by atoms with Gasteiger partial charge in [0.25, 0.3) is 0 Å². The Bertz CT molecular complexity index is 641. The van der Waals surface area contributed by atoms with Gasteiger partial charge in [-0.1, -0.05) is 0 Å². The third-order valence-electron chi connectivity index (χ3n) is 3.72. The van der Waals surface area contributed by atoms with E-state index in [9.17, 15) is 0 Å². The molecule has 3 rings (SSSR count). The number of piperidine rings is 1. The molecular formula is C12H17N5OS. The number of H-pyrrole nitrogens is 1. The van der Waals surface area contributed by atoms with E-state index in [0.717, 1.165) is 37.1 Å². The van der Waals surface area contributed by atoms with Gasteiger partial charge in [0.15, 0.2) is 10.4 Å². The quantitative estimate of drug-likeness (QED) is 0.849. The number of hydrogen-bond donors (Lipinski definition) is 1. The standard InChI is InChI=1S/C12H17N5OS/c1-16-5-3-8(4-6-16)17-10-9(15-12(17)19)11(18-2)14-7-13-10/h7-8H,3-6H2,1-2H3,(H,15,19). The number of nitrogens with one attached hydrogen (secondary N) is 1. The van der Waals surface area contributed by atoms with Crippen LogP contribution in [0, 0.1) is 4.77 Å². The van der Waals surface area contributed by atoms with Gasteiger partial charge in [0.2, 0.25) is 5.88 Å². The van der Waals surface area contributed by atoms with E-state index in [1.807, 2.05) is 0 Å². The van der Waals surface area contributed by atoms with E-state index in [1.54, 1.807) is 7.11 Å². The molecule has 102 valence electrons. The van der Waals surface area contributed by atoms with Crippen LogP contribution < -0.4 is 4.74 Å². The van der Waals surface area contributed by atoms with E-state index in [-0.39, 0.29) is 0 Å². The van der Waals surface area contributed by atoms with Crippen LogP contribution in [0.2, 0.25) is 0 Å². The lowest BCUT2D eigenvalue weighted by molar-refractivity contribution is 0.222. The van der Waals surface area contributed by atoms with E-state index in [2.05, 4.69) is 31.5 Å². The third kappa shape index (κ3) is 2.12. The van der Waals surface area contributed by atoms with Crippen molar-refractivity contribution in [1.82, 2.24) is 24.4 Å². The van der Waals surface area contributed by atoms with Crippen LogP contribution in [0.25, 0.3) is 11.2 Å². The highest BCUT2D eigenvalue weighted by atomic mass is 32.1. The number of fused-ring (bicyclic) bond motifs is 1. The largest absolute Gasteiger partial charge is 0.479 e. The van der Waals surface area contributed by atoms with Crippen molar-refractivity contribution >= 4 is 23.4 Å². The highest BCUT2D eigenvalue weighted by Gasteiger charge is 2.22. The first-order valence-electron chi connectivity index (χ1n) is 6.38. The number of methoxy groups -OCH3 is 1. The molecule has 2 aromatic heterocycles. The summed E-state index contributed by atoms with van der Waals surface area (Å²) in [6, 6.07) is 0.400. The number of likely N-dealkylation sites (tertiary alicyclic amines) is 1. The molecule has 6 nitrogen and oxygen atoms in total. The van der Waals surface area contributed by atoms with Gasteiger partial charge in [-0.3, -0.25) is 4.57 Å². The fraction of sp³-hybridized carbons (Fsp3) is 0.583. The molecule has 1 N–H and O–H groups in total. The Balaban J connectivity index is 2.08. The molecule has 0 amide bonds. The molecule has 0 saturated carbocycles. The number of aromatic nitrogens is 4. The summed E-state index contributed by atoms with van der Waals surface area (Å²) in [6.07, 6.45) is 3.70. The molecule has 1 fully saturated rings. The van der Waals surface area contributed by atoms with Crippen LogP contribution in [0.4, 0.5) is 0 Å². The Kier molecular flexibility index (Phi) is 3.24. The van der Waals surface area contributed by atoms with Gasteiger partial charge in [0.05, 0.1) is 7.11 Å². The summed E-state index contributed by atoms with van der Waals surface area (Å²) < 4.78 is 8.06. The molecule has 0 spiro atoms. The van der Waals surface area contributed by atoms with Crippen molar-refractivity contribution in [2.24, 2.45) is 0 Å². The monoisotopic (exact) mass is 279 g/mol. The van der Waals surface area contributed by atoms with E-state index in [0.29, 0.717) is 16.7 Å². The average Bonchev–Trinajstić information content (AvgIpc) is 2.76. The van der Waals surface area contributed by atoms with Gasteiger partial charge in [0.1, 0.15) is 11.8 Å². The average molecular weight is 279 g/mol. The summed E-state index contributed by atoms with van der Waals surface area (Å²) in [6.45, 7) is 2.17. The molecule has 0 atom stereocenters. The summed E-state index contributed by atoms with van der Waals surface area (Å²) in [4.78, 5) is 14.0. The summed E-state index contributed by atoms with van der Waals surface area (Å²) in [7, 11) is 3.75. The van der Waals surface area contributed by atoms with Crippen molar-refractivity contribution in [1.29, 1.82) is 0 Å². The predicted octanol–water partition coefficient (Wildman–Crippen LogP) is 1.76. The SMILES string of the molecule is COc1ncnc2c1[nH]c(=S)n2C1CCN(C)CC1. The van der Waals surface area contributed by atoms with Crippen LogP contribution in [0.5, 0.6) is 5.88 Å². The van der Waals surface area contributed by atoms with Crippen LogP contribution in [-0.2, 0) is 0 Å². The number of rotatable bonds is 2. The van der Waals surface area contributed by atoms with Crippen molar-refractivity contribution in [2.75, 3.05) is 27.2 Å². The van der Waals surface area contributed by atoms with Crippen LogP contribution in [-0.4, -0.2) is 51.7 Å². The summed E-state index contributed by atoms with van der Waals surface area (Å²) in [5.41, 5.74) is 1.63. The smallest absolute Gasteiger partial charge is 0.242 e. The van der Waals surface area contributed by atoms with Crippen LogP contribution in [0.1, 0.15) is 18.9 Å². The van der Waals surface area contributed by atoms with Crippen LogP contribution >= 0.6 is 12.2 Å². The minimum atomic E-state index is 0.400. The first kappa shape index (κ1) is 12.6. The number of imidazole rings is 1. The zero-order chi connectivity index (χ0) is 13.4. The Morgan fingerprint density at radius 1 is 1.37 bits per heavy atom. The number of nitrogens with zero attached hydrogens (tertiary/aromatic N) is 4. The second kappa shape index (κ2) is 4.90. The van der Waals surface area contributed by atoms with Crippen molar-refractivity contribution in [3.63, 3.8) is 0 Å². The van der Waals surface area contributed by atoms with Crippen LogP contribution in [0.3, 0.4) is 0 Å². The Morgan fingerprint density at radius 2 is 2.11 bits per heavy atom. The molecule has 1 aliphatic rings. The number of ether oxygens (including phenoxy) is 1. The lowest BCUT2D eigenvalue weighted by atomic mass is 10.1. The van der Waals surface area contributed by atoms with E-state index in [4.69, 9.17) is 17.0 Å². The highest BCUT2D eigenvalue weighted by molar-refractivity contribution is 7.71. The number of aromatic amines is 1. The molecular weight excluding hydrogens is 262 g/mol. The summed E-state index contributed by atoms with van der Waals surface area (Å²) >= 11 is 5.44. The second-order valence-corrected chi connectivity index (χ2v) is 5.30. The maximum absolute atomic E-state index is 5.44. The molecule has 19 heavy (non-hydrogen) atoms. The molecule has 1 aliphatic heterocycles. The van der Waals surface area contributed by atoms with Crippen molar-refractivity contribution in [2.45, 2.75) is 18.9 Å². The van der Waals surface area contributed by atoms with E-state index < -0.39 is 0 Å². The second-order valence-electron chi connectivity index (χ2n) is 4.92. The molecule has 1 saturated heterocycles. The number of hydrogen-bond acceptors (Lipinski definition) is 5. The van der Waals surface area contributed by atoms with Crippen molar-refractivity contribution in [3.05, 3.63) is 11.1 Å². The van der Waals surface area contributed by atoms with Crippen molar-refractivity contribution < 1.29 is 4.74 Å². The summed E-state index contributed by atoms with van der Waals surface area (Å²) in [5.74, 6) is 0.544. The fourth-order valence-corrected chi connectivity index (χ4v) is 3.00. The zero-order valence-corrected chi connectivity index (χ0v) is 11.9. The Hall–Kier alpha value is -1.47. The van der Waals surface area contributed by atoms with Gasteiger partial charge in [-0.15, -0.1) is 0 Å². The predicted molar refractivity (Wildman–Crippen MR) is 75.0 cm³/mol. The third-order valence-corrected chi connectivity index (χ3v) is 4.02. The molecule has 0 aliphatic carbocycles. The lowest BCUT2D eigenvalue weighted by Crippen LogP contribution is -2.31. The lowest BCUT2D eigenvalue weighted by Gasteiger charge is -2.29. The highest BCUT2D eigenvalue weighted by Crippen LogP contribution is 2.28. The minimum absolute atomic E-state index is 0.400. The van der Waals surface area contributed by atoms with Gasteiger partial charge >= 0.3 is 0 Å². The summed E-state index contributed by atoms with van der Waals surface area (Å²) in [5, 5.41) is 0. The van der Waals surface area contributed by atoms with Gasteiger partial charge in [-0.2, -0.15) is 4.98 Å². The Labute approximate surface area is 116 Å². The molecule has 3 heterocycles. The van der Waals surface area contributed by atoms with Crippen LogP contribution in [0.15, 0.2) is 6.33 Å². The molecule has 0 bridgehead atoms. The molecule has 7 heteroatoms. The fourth-order valence-electron chi connectivity index (χ4n) is 2.66. The van der Waals surface area contributed by atoms with Gasteiger partial charge in [-0.05, 0) is 45.2 Å². The maximum atomic E-state index is 5.44. The molecule has 0 aromatic carbocycles. The maximum Gasteiger partial charge on any atom is 0.242 e. The molecule has 0 radical (unpaired) electrons.